The Kier molecular flexibility index (Phi) is 3.99. The van der Waals surface area contributed by atoms with Gasteiger partial charge in [-0.15, -0.1) is 0 Å². The van der Waals surface area contributed by atoms with Crippen molar-refractivity contribution in [2.24, 2.45) is 0 Å². The normalized spacial score (nSPS) is 12.4. The second-order valence-corrected chi connectivity index (χ2v) is 7.84. The van der Waals surface area contributed by atoms with Gasteiger partial charge in [-0.25, -0.2) is 0 Å². The van der Waals surface area contributed by atoms with Crippen LogP contribution in [0.4, 0.5) is 17.1 Å². The minimum Gasteiger partial charge on any atom is -0.308 e. The minimum absolute atomic E-state index is 1.21. The number of benzene rings is 4. The molecule has 1 aliphatic heterocycles. The van der Waals surface area contributed by atoms with Gasteiger partial charge >= 0.3 is 0 Å². The van der Waals surface area contributed by atoms with Gasteiger partial charge in [-0.1, -0.05) is 78.5 Å². The predicted octanol–water partition coefficient (Wildman–Crippen LogP) is 7.60. The van der Waals surface area contributed by atoms with E-state index in [9.17, 15) is 0 Å². The van der Waals surface area contributed by atoms with Crippen molar-refractivity contribution in [1.29, 1.82) is 0 Å². The van der Waals surface area contributed by atoms with Gasteiger partial charge in [-0.3, -0.25) is 0 Å². The molecule has 0 radical (unpaired) electrons. The first-order chi connectivity index (χ1) is 13.3. The molecule has 0 aliphatic carbocycles. The number of rotatable bonds is 2. The molecule has 4 aromatic carbocycles. The zero-order chi connectivity index (χ0) is 18.2. The topological polar surface area (TPSA) is 3.24 Å². The van der Waals surface area contributed by atoms with Crippen LogP contribution in [0.25, 0.3) is 11.1 Å². The molecule has 0 bridgehead atoms. The van der Waals surface area contributed by atoms with E-state index < -0.39 is 0 Å². The lowest BCUT2D eigenvalue weighted by Crippen LogP contribution is -2.15. The first-order valence-electron chi connectivity index (χ1n) is 9.13. The van der Waals surface area contributed by atoms with E-state index in [0.29, 0.717) is 0 Å². The zero-order valence-corrected chi connectivity index (χ0v) is 15.9. The standard InChI is InChI=1S/C25H19NS/c1-18-15-16-23-25(17-18)27-24-14-8-7-13-22(24)26(23)21-12-6-5-11-20(21)19-9-3-2-4-10-19/h2-17H,1H3. The molecule has 1 heterocycles. The van der Waals surface area contributed by atoms with Crippen LogP contribution in [0.5, 0.6) is 0 Å². The van der Waals surface area contributed by atoms with E-state index in [0.717, 1.165) is 0 Å². The molecule has 130 valence electrons. The smallest absolute Gasteiger partial charge is 0.0602 e. The highest BCUT2D eigenvalue weighted by Crippen LogP contribution is 2.52. The van der Waals surface area contributed by atoms with Crippen molar-refractivity contribution in [2.45, 2.75) is 16.7 Å². The van der Waals surface area contributed by atoms with E-state index in [1.807, 2.05) is 11.8 Å². The van der Waals surface area contributed by atoms with Gasteiger partial charge in [-0.05, 0) is 48.4 Å². The Bertz CT molecular complexity index is 1120. The Morgan fingerprint density at radius 2 is 1.26 bits per heavy atom. The average molecular weight is 366 g/mol. The SMILES string of the molecule is Cc1ccc2c(c1)Sc1ccccc1N2c1ccccc1-c1ccccc1. The fraction of sp³-hybridized carbons (Fsp3) is 0.0400. The number of anilines is 3. The van der Waals surface area contributed by atoms with Crippen LogP contribution >= 0.6 is 11.8 Å². The van der Waals surface area contributed by atoms with Crippen molar-refractivity contribution in [1.82, 2.24) is 0 Å². The van der Waals surface area contributed by atoms with Crippen molar-refractivity contribution in [3.05, 3.63) is 103 Å². The fourth-order valence-electron chi connectivity index (χ4n) is 3.65. The molecule has 27 heavy (non-hydrogen) atoms. The van der Waals surface area contributed by atoms with Gasteiger partial charge in [0.2, 0.25) is 0 Å². The highest BCUT2D eigenvalue weighted by Gasteiger charge is 2.26. The van der Waals surface area contributed by atoms with Gasteiger partial charge in [-0.2, -0.15) is 0 Å². The summed E-state index contributed by atoms with van der Waals surface area (Å²) in [6, 6.07) is 34.7. The molecule has 5 rings (SSSR count). The molecule has 0 saturated carbocycles. The molecule has 2 heteroatoms. The lowest BCUT2D eigenvalue weighted by Gasteiger charge is -2.34. The summed E-state index contributed by atoms with van der Waals surface area (Å²) >= 11 is 1.86. The quantitative estimate of drug-likeness (QED) is 0.317. The number of aryl methyl sites for hydroxylation is 1. The third-order valence-electron chi connectivity index (χ3n) is 4.91. The summed E-state index contributed by atoms with van der Waals surface area (Å²) in [6.45, 7) is 2.16. The van der Waals surface area contributed by atoms with Gasteiger partial charge in [0.1, 0.15) is 0 Å². The van der Waals surface area contributed by atoms with Crippen LogP contribution in [0.15, 0.2) is 107 Å². The highest BCUT2D eigenvalue weighted by molar-refractivity contribution is 7.99. The van der Waals surface area contributed by atoms with Crippen LogP contribution < -0.4 is 4.90 Å². The average Bonchev–Trinajstić information content (AvgIpc) is 2.72. The largest absolute Gasteiger partial charge is 0.308 e. The molecular weight excluding hydrogens is 346 g/mol. The Morgan fingerprint density at radius 1 is 0.593 bits per heavy atom. The molecule has 1 aliphatic rings. The van der Waals surface area contributed by atoms with Crippen molar-refractivity contribution >= 4 is 28.8 Å². The number of hydrogen-bond donors (Lipinski definition) is 0. The maximum absolute atomic E-state index is 2.41. The van der Waals surface area contributed by atoms with Crippen LogP contribution in [-0.4, -0.2) is 0 Å². The molecule has 0 amide bonds. The summed E-state index contributed by atoms with van der Waals surface area (Å²) in [6.07, 6.45) is 0. The molecule has 1 nitrogen and oxygen atoms in total. The van der Waals surface area contributed by atoms with Gasteiger partial charge in [0.15, 0.2) is 0 Å². The molecule has 0 fully saturated rings. The molecule has 0 spiro atoms. The van der Waals surface area contributed by atoms with Crippen molar-refractivity contribution in [3.8, 4) is 11.1 Å². The molecule has 0 atom stereocenters. The third-order valence-corrected chi connectivity index (χ3v) is 6.02. The molecule has 0 aromatic heterocycles. The number of fused-ring (bicyclic) bond motifs is 2. The van der Waals surface area contributed by atoms with E-state index in [2.05, 4.69) is 109 Å². The van der Waals surface area contributed by atoms with Gasteiger partial charge < -0.3 is 4.90 Å². The maximum atomic E-state index is 2.41. The number of nitrogens with zero attached hydrogens (tertiary/aromatic N) is 1. The van der Waals surface area contributed by atoms with Crippen LogP contribution in [0.2, 0.25) is 0 Å². The molecule has 0 saturated heterocycles. The maximum Gasteiger partial charge on any atom is 0.0602 e. The summed E-state index contributed by atoms with van der Waals surface area (Å²) in [7, 11) is 0. The molecular formula is C25H19NS. The monoisotopic (exact) mass is 365 g/mol. The molecule has 0 N–H and O–H groups in total. The van der Waals surface area contributed by atoms with Gasteiger partial charge in [0.05, 0.1) is 17.1 Å². The Hall–Kier alpha value is -2.97. The molecule has 4 aromatic rings. The zero-order valence-electron chi connectivity index (χ0n) is 15.1. The Balaban J connectivity index is 1.78. The van der Waals surface area contributed by atoms with Gasteiger partial charge in [0.25, 0.3) is 0 Å². The van der Waals surface area contributed by atoms with E-state index in [1.54, 1.807) is 0 Å². The van der Waals surface area contributed by atoms with Crippen LogP contribution in [0.1, 0.15) is 5.56 Å². The van der Waals surface area contributed by atoms with E-state index in [1.165, 1.54) is 43.5 Å². The van der Waals surface area contributed by atoms with Gasteiger partial charge in [0, 0.05) is 15.4 Å². The summed E-state index contributed by atoms with van der Waals surface area (Å²) in [5.74, 6) is 0. The second kappa shape index (κ2) is 6.64. The lowest BCUT2D eigenvalue weighted by molar-refractivity contribution is 1.16. The summed E-state index contributed by atoms with van der Waals surface area (Å²) in [5.41, 5.74) is 7.46. The third kappa shape index (κ3) is 2.83. The van der Waals surface area contributed by atoms with E-state index >= 15 is 0 Å². The second-order valence-electron chi connectivity index (χ2n) is 6.76. The van der Waals surface area contributed by atoms with Crippen molar-refractivity contribution in [3.63, 3.8) is 0 Å². The summed E-state index contributed by atoms with van der Waals surface area (Å²) < 4.78 is 0. The van der Waals surface area contributed by atoms with Crippen molar-refractivity contribution in [2.75, 3.05) is 4.90 Å². The summed E-state index contributed by atoms with van der Waals surface area (Å²) in [4.78, 5) is 5.00. The van der Waals surface area contributed by atoms with E-state index in [-0.39, 0.29) is 0 Å². The van der Waals surface area contributed by atoms with E-state index in [4.69, 9.17) is 0 Å². The van der Waals surface area contributed by atoms with Crippen molar-refractivity contribution < 1.29 is 0 Å². The first kappa shape index (κ1) is 16.2. The molecule has 0 unspecified atom stereocenters. The fourth-order valence-corrected chi connectivity index (χ4v) is 4.81. The minimum atomic E-state index is 1.21. The number of hydrogen-bond acceptors (Lipinski definition) is 2. The Labute approximate surface area is 164 Å². The predicted molar refractivity (Wildman–Crippen MR) is 115 cm³/mol. The highest BCUT2D eigenvalue weighted by atomic mass is 32.2. The first-order valence-corrected chi connectivity index (χ1v) is 9.95. The Morgan fingerprint density at radius 3 is 2.11 bits per heavy atom. The van der Waals surface area contributed by atoms with Crippen LogP contribution in [0.3, 0.4) is 0 Å². The summed E-state index contributed by atoms with van der Waals surface area (Å²) in [5, 5.41) is 0. The number of para-hydroxylation sites is 2. The van der Waals surface area contributed by atoms with Crippen LogP contribution in [-0.2, 0) is 0 Å². The van der Waals surface area contributed by atoms with Crippen LogP contribution in [0, 0.1) is 6.92 Å². The lowest BCUT2D eigenvalue weighted by atomic mass is 10.0.